The van der Waals surface area contributed by atoms with Crippen LogP contribution in [0.1, 0.15) is 50.4 Å². The van der Waals surface area contributed by atoms with Gasteiger partial charge in [-0.25, -0.2) is 0 Å². The molecular formula is C18H28N2O4. The SMILES string of the molecule is CCCCOc1ccc(C(=O)NC(C)C(=O)NCCC)cc1OC. The normalized spacial score (nSPS) is 11.5. The average molecular weight is 336 g/mol. The summed E-state index contributed by atoms with van der Waals surface area (Å²) in [5, 5.41) is 5.43. The molecule has 1 atom stereocenters. The molecule has 1 aromatic rings. The molecule has 0 aromatic heterocycles. The molecule has 6 heteroatoms. The minimum Gasteiger partial charge on any atom is -0.493 e. The molecule has 2 N–H and O–H groups in total. The second kappa shape index (κ2) is 10.5. The number of hydrogen-bond donors (Lipinski definition) is 2. The Hall–Kier alpha value is -2.24. The Morgan fingerprint density at radius 1 is 1.17 bits per heavy atom. The molecule has 134 valence electrons. The minimum absolute atomic E-state index is 0.198. The van der Waals surface area contributed by atoms with Gasteiger partial charge in [0.05, 0.1) is 13.7 Å². The van der Waals surface area contributed by atoms with E-state index in [1.807, 2.05) is 6.92 Å². The van der Waals surface area contributed by atoms with Crippen molar-refractivity contribution in [1.82, 2.24) is 10.6 Å². The average Bonchev–Trinajstić information content (AvgIpc) is 2.59. The lowest BCUT2D eigenvalue weighted by atomic mass is 10.1. The van der Waals surface area contributed by atoms with E-state index in [0.717, 1.165) is 19.3 Å². The van der Waals surface area contributed by atoms with Crippen molar-refractivity contribution in [1.29, 1.82) is 0 Å². The molecule has 6 nitrogen and oxygen atoms in total. The van der Waals surface area contributed by atoms with Crippen molar-refractivity contribution in [3.05, 3.63) is 23.8 Å². The molecule has 0 spiro atoms. The predicted molar refractivity (Wildman–Crippen MR) is 93.6 cm³/mol. The van der Waals surface area contributed by atoms with Crippen LogP contribution in [-0.4, -0.2) is 38.1 Å². The van der Waals surface area contributed by atoms with Gasteiger partial charge in [-0.15, -0.1) is 0 Å². The summed E-state index contributed by atoms with van der Waals surface area (Å²) in [6, 6.07) is 4.39. The Labute approximate surface area is 143 Å². The second-order valence-corrected chi connectivity index (χ2v) is 5.55. The maximum absolute atomic E-state index is 12.3. The molecule has 0 aliphatic heterocycles. The van der Waals surface area contributed by atoms with E-state index >= 15 is 0 Å². The summed E-state index contributed by atoms with van der Waals surface area (Å²) in [6.45, 7) is 6.91. The Bertz CT molecular complexity index is 546. The van der Waals surface area contributed by atoms with Crippen LogP contribution in [0.4, 0.5) is 0 Å². The van der Waals surface area contributed by atoms with Gasteiger partial charge in [-0.3, -0.25) is 9.59 Å². The Kier molecular flexibility index (Phi) is 8.68. The van der Waals surface area contributed by atoms with Gasteiger partial charge >= 0.3 is 0 Å². The van der Waals surface area contributed by atoms with Gasteiger partial charge in [0.15, 0.2) is 11.5 Å². The van der Waals surface area contributed by atoms with Crippen molar-refractivity contribution in [2.24, 2.45) is 0 Å². The highest BCUT2D eigenvalue weighted by Crippen LogP contribution is 2.28. The van der Waals surface area contributed by atoms with E-state index in [0.29, 0.717) is 30.2 Å². The number of ether oxygens (including phenoxy) is 2. The van der Waals surface area contributed by atoms with E-state index in [1.54, 1.807) is 25.1 Å². The zero-order chi connectivity index (χ0) is 17.9. The van der Waals surface area contributed by atoms with Crippen molar-refractivity contribution < 1.29 is 19.1 Å². The molecule has 0 saturated carbocycles. The van der Waals surface area contributed by atoms with Crippen molar-refractivity contribution in [3.8, 4) is 11.5 Å². The largest absolute Gasteiger partial charge is 0.493 e. The fraction of sp³-hybridized carbons (Fsp3) is 0.556. The summed E-state index contributed by atoms with van der Waals surface area (Å²) >= 11 is 0. The minimum atomic E-state index is -0.601. The molecule has 1 rings (SSSR count). The fourth-order valence-electron chi connectivity index (χ4n) is 2.00. The Morgan fingerprint density at radius 3 is 2.54 bits per heavy atom. The van der Waals surface area contributed by atoms with E-state index in [9.17, 15) is 9.59 Å². The number of carbonyl (C=O) groups excluding carboxylic acids is 2. The van der Waals surface area contributed by atoms with E-state index in [1.165, 1.54) is 7.11 Å². The van der Waals surface area contributed by atoms with Crippen LogP contribution in [0.15, 0.2) is 18.2 Å². The summed E-state index contributed by atoms with van der Waals surface area (Å²) in [6.07, 6.45) is 2.85. The maximum atomic E-state index is 12.3. The molecule has 24 heavy (non-hydrogen) atoms. The summed E-state index contributed by atoms with van der Waals surface area (Å²) < 4.78 is 10.9. The molecule has 0 radical (unpaired) electrons. The van der Waals surface area contributed by atoms with E-state index in [-0.39, 0.29) is 11.8 Å². The number of carbonyl (C=O) groups is 2. The first-order chi connectivity index (χ1) is 11.5. The number of rotatable bonds is 10. The fourth-order valence-corrected chi connectivity index (χ4v) is 2.00. The molecule has 0 fully saturated rings. The molecule has 2 amide bonds. The van der Waals surface area contributed by atoms with Gasteiger partial charge in [0.2, 0.25) is 5.91 Å². The van der Waals surface area contributed by atoms with Crippen LogP contribution in [0.5, 0.6) is 11.5 Å². The third-order valence-electron chi connectivity index (χ3n) is 3.47. The summed E-state index contributed by atoms with van der Waals surface area (Å²) in [5.41, 5.74) is 0.421. The zero-order valence-corrected chi connectivity index (χ0v) is 15.0. The first-order valence-electron chi connectivity index (χ1n) is 8.42. The highest BCUT2D eigenvalue weighted by Gasteiger charge is 2.17. The van der Waals surface area contributed by atoms with E-state index < -0.39 is 6.04 Å². The number of hydrogen-bond acceptors (Lipinski definition) is 4. The number of benzene rings is 1. The van der Waals surface area contributed by atoms with Crippen LogP contribution in [0.25, 0.3) is 0 Å². The molecule has 0 aliphatic carbocycles. The van der Waals surface area contributed by atoms with Crippen LogP contribution in [0.3, 0.4) is 0 Å². The maximum Gasteiger partial charge on any atom is 0.252 e. The van der Waals surface area contributed by atoms with Gasteiger partial charge in [0.25, 0.3) is 5.91 Å². The number of nitrogens with one attached hydrogen (secondary N) is 2. The van der Waals surface area contributed by atoms with Crippen LogP contribution in [-0.2, 0) is 4.79 Å². The number of amides is 2. The zero-order valence-electron chi connectivity index (χ0n) is 15.0. The third kappa shape index (κ3) is 6.10. The van der Waals surface area contributed by atoms with Crippen LogP contribution in [0.2, 0.25) is 0 Å². The topological polar surface area (TPSA) is 76.7 Å². The lowest BCUT2D eigenvalue weighted by molar-refractivity contribution is -0.122. The highest BCUT2D eigenvalue weighted by atomic mass is 16.5. The standard InChI is InChI=1S/C18H28N2O4/c1-5-7-11-24-15-9-8-14(12-16(15)23-4)18(22)20-13(3)17(21)19-10-6-2/h8-9,12-13H,5-7,10-11H2,1-4H3,(H,19,21)(H,20,22). The van der Waals surface area contributed by atoms with E-state index in [4.69, 9.17) is 9.47 Å². The summed E-state index contributed by atoms with van der Waals surface area (Å²) in [5.74, 6) is 0.585. The van der Waals surface area contributed by atoms with Gasteiger partial charge in [-0.1, -0.05) is 20.3 Å². The summed E-state index contributed by atoms with van der Waals surface area (Å²) in [4.78, 5) is 24.1. The molecule has 0 heterocycles. The lowest BCUT2D eigenvalue weighted by Crippen LogP contribution is -2.45. The Morgan fingerprint density at radius 2 is 1.92 bits per heavy atom. The van der Waals surface area contributed by atoms with Crippen molar-refractivity contribution in [3.63, 3.8) is 0 Å². The smallest absolute Gasteiger partial charge is 0.252 e. The highest BCUT2D eigenvalue weighted by molar-refractivity contribution is 5.97. The van der Waals surface area contributed by atoms with Gasteiger partial charge in [0, 0.05) is 12.1 Å². The molecular weight excluding hydrogens is 308 g/mol. The molecule has 0 aliphatic rings. The monoisotopic (exact) mass is 336 g/mol. The molecule has 1 unspecified atom stereocenters. The number of unbranched alkanes of at least 4 members (excludes halogenated alkanes) is 1. The van der Waals surface area contributed by atoms with Crippen LogP contribution >= 0.6 is 0 Å². The van der Waals surface area contributed by atoms with Crippen LogP contribution in [0, 0.1) is 0 Å². The van der Waals surface area contributed by atoms with Gasteiger partial charge < -0.3 is 20.1 Å². The molecule has 1 aromatic carbocycles. The summed E-state index contributed by atoms with van der Waals surface area (Å²) in [7, 11) is 1.53. The molecule has 0 bridgehead atoms. The van der Waals surface area contributed by atoms with Gasteiger partial charge in [-0.2, -0.15) is 0 Å². The quantitative estimate of drug-likeness (QED) is 0.644. The van der Waals surface area contributed by atoms with Crippen LogP contribution < -0.4 is 20.1 Å². The first kappa shape index (κ1) is 19.8. The first-order valence-corrected chi connectivity index (χ1v) is 8.42. The van der Waals surface area contributed by atoms with Crippen molar-refractivity contribution in [2.45, 2.75) is 46.1 Å². The second-order valence-electron chi connectivity index (χ2n) is 5.55. The van der Waals surface area contributed by atoms with E-state index in [2.05, 4.69) is 17.6 Å². The van der Waals surface area contributed by atoms with Crippen molar-refractivity contribution >= 4 is 11.8 Å². The van der Waals surface area contributed by atoms with Gasteiger partial charge in [-0.05, 0) is 38.0 Å². The number of methoxy groups -OCH3 is 1. The predicted octanol–water partition coefficient (Wildman–Crippen LogP) is 2.52. The lowest BCUT2D eigenvalue weighted by Gasteiger charge is -2.15. The van der Waals surface area contributed by atoms with Gasteiger partial charge in [0.1, 0.15) is 6.04 Å². The Balaban J connectivity index is 2.71. The van der Waals surface area contributed by atoms with Crippen molar-refractivity contribution in [2.75, 3.05) is 20.3 Å². The molecule has 0 saturated heterocycles. The third-order valence-corrected chi connectivity index (χ3v) is 3.47.